The second-order valence-corrected chi connectivity index (χ2v) is 8.36. The Kier molecular flexibility index (Phi) is 8.05. The lowest BCUT2D eigenvalue weighted by Gasteiger charge is -2.22. The molecule has 0 heterocycles. The molecule has 7 heteroatoms. The fourth-order valence-corrected chi connectivity index (χ4v) is 3.28. The van der Waals surface area contributed by atoms with Gasteiger partial charge in [-0.3, -0.25) is 0 Å². The van der Waals surface area contributed by atoms with Crippen LogP contribution in [0.2, 0.25) is 0 Å². The predicted molar refractivity (Wildman–Crippen MR) is 119 cm³/mol. The van der Waals surface area contributed by atoms with E-state index in [1.165, 1.54) is 12.1 Å². The van der Waals surface area contributed by atoms with E-state index in [4.69, 9.17) is 9.84 Å². The molecule has 0 saturated carbocycles. The summed E-state index contributed by atoms with van der Waals surface area (Å²) in [6.07, 6.45) is 2.17. The first kappa shape index (κ1) is 24.2. The van der Waals surface area contributed by atoms with E-state index in [0.29, 0.717) is 11.3 Å². The number of anilines is 1. The van der Waals surface area contributed by atoms with Crippen LogP contribution in [0.1, 0.15) is 72.4 Å². The molecule has 168 valence electrons. The van der Waals surface area contributed by atoms with Gasteiger partial charge in [0, 0.05) is 25.3 Å². The zero-order chi connectivity index (χ0) is 23.2. The van der Waals surface area contributed by atoms with E-state index < -0.39 is 23.6 Å². The maximum atomic E-state index is 11.4. The Balaban J connectivity index is 2.06. The summed E-state index contributed by atoms with van der Waals surface area (Å²) in [5, 5.41) is 28.3. The molecule has 2 aromatic carbocycles. The first-order valence-corrected chi connectivity index (χ1v) is 10.3. The van der Waals surface area contributed by atoms with Crippen molar-refractivity contribution in [1.82, 2.24) is 0 Å². The molecule has 1 atom stereocenters. The number of aromatic carboxylic acids is 2. The van der Waals surface area contributed by atoms with Crippen LogP contribution in [0.3, 0.4) is 0 Å². The highest BCUT2D eigenvalue weighted by molar-refractivity contribution is 6.01. The van der Waals surface area contributed by atoms with Crippen molar-refractivity contribution in [1.29, 1.82) is 0 Å². The number of carbonyl (C=O) groups is 2. The summed E-state index contributed by atoms with van der Waals surface area (Å²) in [4.78, 5) is 24.8. The number of hydrogen-bond donors (Lipinski definition) is 3. The lowest BCUT2D eigenvalue weighted by atomic mass is 10.0. The molecule has 0 radical (unpaired) electrons. The molecule has 0 aliphatic heterocycles. The number of ether oxygens (including phenoxy) is 1. The van der Waals surface area contributed by atoms with Gasteiger partial charge in [0.2, 0.25) is 0 Å². The summed E-state index contributed by atoms with van der Waals surface area (Å²) in [5.41, 5.74) is 0.399. The lowest BCUT2D eigenvalue weighted by molar-refractivity contribution is 0.0651. The van der Waals surface area contributed by atoms with Gasteiger partial charge in [0.1, 0.15) is 11.9 Å². The van der Waals surface area contributed by atoms with Gasteiger partial charge in [0.25, 0.3) is 0 Å². The first-order valence-electron chi connectivity index (χ1n) is 10.3. The van der Waals surface area contributed by atoms with Gasteiger partial charge in [0.15, 0.2) is 0 Å². The summed E-state index contributed by atoms with van der Waals surface area (Å²) in [7, 11) is 2.00. The fourth-order valence-electron chi connectivity index (χ4n) is 3.28. The van der Waals surface area contributed by atoms with Crippen molar-refractivity contribution in [3.63, 3.8) is 0 Å². The minimum atomic E-state index is -1.29. The third kappa shape index (κ3) is 7.29. The van der Waals surface area contributed by atoms with Crippen LogP contribution in [0.5, 0.6) is 5.75 Å². The zero-order valence-electron chi connectivity index (χ0n) is 18.5. The van der Waals surface area contributed by atoms with E-state index in [1.807, 2.05) is 45.2 Å². The number of nitrogens with zero attached hydrogens (tertiary/aromatic N) is 1. The lowest BCUT2D eigenvalue weighted by Crippen LogP contribution is -2.21. The van der Waals surface area contributed by atoms with E-state index >= 15 is 0 Å². The molecule has 0 fully saturated rings. The molecule has 0 aliphatic rings. The van der Waals surface area contributed by atoms with Gasteiger partial charge in [-0.05, 0) is 69.9 Å². The summed E-state index contributed by atoms with van der Waals surface area (Å²) in [6, 6.07) is 11.8. The van der Waals surface area contributed by atoms with Crippen LogP contribution < -0.4 is 9.64 Å². The number of rotatable bonds is 11. The normalized spacial score (nSPS) is 12.3. The number of aliphatic hydroxyl groups is 1. The average Bonchev–Trinajstić information content (AvgIpc) is 2.69. The third-order valence-corrected chi connectivity index (χ3v) is 5.08. The second kappa shape index (κ2) is 10.3. The van der Waals surface area contributed by atoms with E-state index in [9.17, 15) is 19.8 Å². The monoisotopic (exact) mass is 429 g/mol. The summed E-state index contributed by atoms with van der Waals surface area (Å²) in [6.45, 7) is 6.25. The molecule has 0 aliphatic carbocycles. The number of carboxylic acids is 2. The second-order valence-electron chi connectivity index (χ2n) is 8.36. The molecule has 31 heavy (non-hydrogen) atoms. The number of hydrogen-bond acceptors (Lipinski definition) is 5. The van der Waals surface area contributed by atoms with Crippen LogP contribution in [-0.4, -0.2) is 46.5 Å². The van der Waals surface area contributed by atoms with Gasteiger partial charge in [-0.1, -0.05) is 12.1 Å². The smallest absolute Gasteiger partial charge is 0.336 e. The molecule has 3 N–H and O–H groups in total. The largest absolute Gasteiger partial charge is 0.486 e. The zero-order valence-corrected chi connectivity index (χ0v) is 18.5. The number of unbranched alkanes of at least 4 members (excludes halogenated alkanes) is 1. The Morgan fingerprint density at radius 1 is 1.03 bits per heavy atom. The van der Waals surface area contributed by atoms with E-state index in [1.54, 1.807) is 13.0 Å². The van der Waals surface area contributed by atoms with Crippen molar-refractivity contribution < 1.29 is 29.6 Å². The minimum Gasteiger partial charge on any atom is -0.486 e. The van der Waals surface area contributed by atoms with E-state index in [-0.39, 0.29) is 11.1 Å². The van der Waals surface area contributed by atoms with Crippen molar-refractivity contribution in [2.45, 2.75) is 51.7 Å². The van der Waals surface area contributed by atoms with Crippen molar-refractivity contribution >= 4 is 17.6 Å². The minimum absolute atomic E-state index is 0.253. The topological polar surface area (TPSA) is 107 Å². The van der Waals surface area contributed by atoms with Gasteiger partial charge >= 0.3 is 11.9 Å². The van der Waals surface area contributed by atoms with Crippen LogP contribution in [0.25, 0.3) is 0 Å². The maximum absolute atomic E-state index is 11.4. The predicted octanol–water partition coefficient (Wildman–Crippen LogP) is 4.60. The summed E-state index contributed by atoms with van der Waals surface area (Å²) < 4.78 is 6.00. The number of carboxylic acid groups (broad SMARTS) is 2. The molecule has 2 rings (SSSR count). The SMILES string of the molecule is CC(Oc1cccc(N(C)CCCCC(C)(C)O)c1)c1ccc(C(=O)O)c(C(=O)O)c1. The maximum Gasteiger partial charge on any atom is 0.336 e. The van der Waals surface area contributed by atoms with E-state index in [2.05, 4.69) is 4.90 Å². The molecule has 1 unspecified atom stereocenters. The standard InChI is InChI=1S/C24H31NO6/c1-16(17-10-11-20(22(26)27)21(14-17)23(28)29)31-19-9-7-8-18(15-19)25(4)13-6-5-12-24(2,3)30/h7-11,14-16,30H,5-6,12-13H2,1-4H3,(H,26,27)(H,28,29). The van der Waals surface area contributed by atoms with Gasteiger partial charge in [0.05, 0.1) is 16.7 Å². The molecule has 0 amide bonds. The average molecular weight is 430 g/mol. The van der Waals surface area contributed by atoms with Crippen LogP contribution >= 0.6 is 0 Å². The van der Waals surface area contributed by atoms with Crippen LogP contribution in [-0.2, 0) is 0 Å². The highest BCUT2D eigenvalue weighted by Crippen LogP contribution is 2.27. The van der Waals surface area contributed by atoms with Crippen LogP contribution in [0, 0.1) is 0 Å². The highest BCUT2D eigenvalue weighted by atomic mass is 16.5. The van der Waals surface area contributed by atoms with Crippen molar-refractivity contribution in [3.8, 4) is 5.75 Å². The van der Waals surface area contributed by atoms with Gasteiger partial charge < -0.3 is 25.0 Å². The van der Waals surface area contributed by atoms with Crippen molar-refractivity contribution in [3.05, 3.63) is 59.2 Å². The number of benzene rings is 2. The first-order chi connectivity index (χ1) is 14.5. The molecular weight excluding hydrogens is 398 g/mol. The van der Waals surface area contributed by atoms with Crippen molar-refractivity contribution in [2.75, 3.05) is 18.5 Å². The molecule has 0 bridgehead atoms. The quantitative estimate of drug-likeness (QED) is 0.448. The molecular formula is C24H31NO6. The van der Waals surface area contributed by atoms with Crippen molar-refractivity contribution in [2.24, 2.45) is 0 Å². The van der Waals surface area contributed by atoms with Crippen LogP contribution in [0.4, 0.5) is 5.69 Å². The Morgan fingerprint density at radius 3 is 2.32 bits per heavy atom. The molecule has 0 spiro atoms. The Labute approximate surface area is 182 Å². The molecule has 2 aromatic rings. The Morgan fingerprint density at radius 2 is 1.71 bits per heavy atom. The van der Waals surface area contributed by atoms with Crippen LogP contribution in [0.15, 0.2) is 42.5 Å². The molecule has 0 saturated heterocycles. The summed E-state index contributed by atoms with van der Waals surface area (Å²) >= 11 is 0. The van der Waals surface area contributed by atoms with Gasteiger partial charge in [-0.25, -0.2) is 9.59 Å². The Hall–Kier alpha value is -3.06. The molecule has 0 aromatic heterocycles. The third-order valence-electron chi connectivity index (χ3n) is 5.08. The Bertz CT molecular complexity index is 919. The van der Waals surface area contributed by atoms with E-state index in [0.717, 1.165) is 31.5 Å². The van der Waals surface area contributed by atoms with Gasteiger partial charge in [-0.15, -0.1) is 0 Å². The van der Waals surface area contributed by atoms with Gasteiger partial charge in [-0.2, -0.15) is 0 Å². The molecule has 7 nitrogen and oxygen atoms in total. The highest BCUT2D eigenvalue weighted by Gasteiger charge is 2.19. The summed E-state index contributed by atoms with van der Waals surface area (Å²) in [5.74, 6) is -1.94. The fraction of sp³-hybridized carbons (Fsp3) is 0.417.